The number of carbonyl (C=O) groups is 2. The first-order valence-electron chi connectivity index (χ1n) is 9.85. The van der Waals surface area contributed by atoms with Crippen molar-refractivity contribution < 1.29 is 22.7 Å². The van der Waals surface area contributed by atoms with E-state index in [9.17, 15) is 18.0 Å². The second-order valence-corrected chi connectivity index (χ2v) is 9.75. The highest BCUT2D eigenvalue weighted by Crippen LogP contribution is 2.29. The Morgan fingerprint density at radius 2 is 1.77 bits per heavy atom. The molecular formula is C22H27N3O5S. The lowest BCUT2D eigenvalue weighted by Gasteiger charge is -2.46. The maximum Gasteiger partial charge on any atom is 0.247 e. The van der Waals surface area contributed by atoms with Crippen LogP contribution >= 0.6 is 0 Å². The number of hydrogen-bond acceptors (Lipinski definition) is 5. The van der Waals surface area contributed by atoms with Gasteiger partial charge in [0.05, 0.1) is 26.5 Å². The van der Waals surface area contributed by atoms with Gasteiger partial charge in [-0.05, 0) is 18.6 Å². The van der Waals surface area contributed by atoms with Crippen LogP contribution in [0.2, 0.25) is 0 Å². The number of carbonyl (C=O) groups excluding carboxylic acids is 2. The van der Waals surface area contributed by atoms with Gasteiger partial charge in [0, 0.05) is 18.7 Å². The molecule has 1 atom stereocenters. The van der Waals surface area contributed by atoms with Crippen molar-refractivity contribution in [1.82, 2.24) is 14.5 Å². The van der Waals surface area contributed by atoms with Crippen LogP contribution in [0.3, 0.4) is 0 Å². The standard InChI is InChI=1S/C22H27N3O5S/c1-22(21(27)23-13-17-9-5-4-6-10-17)16-24(31(3,28)29)15-20(26)25(22)14-18-11-7-8-12-19(18)30-2/h4-12H,13-16H2,1-3H3,(H,23,27)/t22-/m1/s1. The van der Waals surface area contributed by atoms with Crippen molar-refractivity contribution >= 4 is 21.8 Å². The van der Waals surface area contributed by atoms with E-state index in [0.29, 0.717) is 5.75 Å². The van der Waals surface area contributed by atoms with Gasteiger partial charge >= 0.3 is 0 Å². The molecule has 1 N–H and O–H groups in total. The van der Waals surface area contributed by atoms with Crippen LogP contribution in [-0.2, 0) is 32.7 Å². The van der Waals surface area contributed by atoms with E-state index in [1.54, 1.807) is 13.0 Å². The van der Waals surface area contributed by atoms with Crippen molar-refractivity contribution in [3.63, 3.8) is 0 Å². The first kappa shape index (κ1) is 22.8. The zero-order valence-electron chi connectivity index (χ0n) is 17.9. The Bertz CT molecular complexity index is 1060. The summed E-state index contributed by atoms with van der Waals surface area (Å²) >= 11 is 0. The fraction of sp³-hybridized carbons (Fsp3) is 0.364. The highest BCUT2D eigenvalue weighted by Gasteiger charge is 2.49. The van der Waals surface area contributed by atoms with Gasteiger partial charge in [0.15, 0.2) is 0 Å². The third-order valence-corrected chi connectivity index (χ3v) is 6.66. The molecule has 0 aromatic heterocycles. The number of piperazine rings is 1. The van der Waals surface area contributed by atoms with Crippen molar-refractivity contribution in [2.24, 2.45) is 0 Å². The Kier molecular flexibility index (Phi) is 6.66. The van der Waals surface area contributed by atoms with Crippen LogP contribution in [0.1, 0.15) is 18.1 Å². The highest BCUT2D eigenvalue weighted by atomic mass is 32.2. The van der Waals surface area contributed by atoms with Gasteiger partial charge in [-0.3, -0.25) is 9.59 Å². The molecule has 2 aromatic rings. The number of hydrogen-bond donors (Lipinski definition) is 1. The molecule has 8 nitrogen and oxygen atoms in total. The molecule has 1 fully saturated rings. The molecule has 9 heteroatoms. The largest absolute Gasteiger partial charge is 0.496 e. The molecular weight excluding hydrogens is 418 g/mol. The van der Waals surface area contributed by atoms with Crippen LogP contribution in [-0.4, -0.2) is 61.4 Å². The van der Waals surface area contributed by atoms with E-state index in [1.165, 1.54) is 12.0 Å². The zero-order chi connectivity index (χ0) is 22.6. The number of amides is 2. The predicted molar refractivity (Wildman–Crippen MR) is 117 cm³/mol. The van der Waals surface area contributed by atoms with Crippen LogP contribution in [0.15, 0.2) is 54.6 Å². The normalized spacial score (nSPS) is 19.8. The molecule has 0 spiro atoms. The first-order chi connectivity index (χ1) is 14.6. The van der Waals surface area contributed by atoms with E-state index in [0.717, 1.165) is 21.7 Å². The summed E-state index contributed by atoms with van der Waals surface area (Å²) < 4.78 is 30.8. The number of sulfonamides is 1. The van der Waals surface area contributed by atoms with Crippen molar-refractivity contribution in [3.8, 4) is 5.75 Å². The third kappa shape index (κ3) is 5.05. The lowest BCUT2D eigenvalue weighted by Crippen LogP contribution is -2.69. The number of methoxy groups -OCH3 is 1. The Morgan fingerprint density at radius 1 is 1.13 bits per heavy atom. The number of ether oxygens (including phenoxy) is 1. The molecule has 31 heavy (non-hydrogen) atoms. The van der Waals surface area contributed by atoms with Gasteiger partial charge in [0.2, 0.25) is 21.8 Å². The molecule has 0 aliphatic carbocycles. The van der Waals surface area contributed by atoms with Crippen molar-refractivity contribution in [3.05, 3.63) is 65.7 Å². The summed E-state index contributed by atoms with van der Waals surface area (Å²) in [6.45, 7) is 1.54. The van der Waals surface area contributed by atoms with E-state index >= 15 is 0 Å². The van der Waals surface area contributed by atoms with Crippen LogP contribution in [0.25, 0.3) is 0 Å². The van der Waals surface area contributed by atoms with Crippen molar-refractivity contribution in [2.75, 3.05) is 26.5 Å². The molecule has 0 unspecified atom stereocenters. The maximum absolute atomic E-state index is 13.3. The lowest BCUT2D eigenvalue weighted by atomic mass is 9.94. The average Bonchev–Trinajstić information content (AvgIpc) is 2.74. The molecule has 166 valence electrons. The smallest absolute Gasteiger partial charge is 0.247 e. The highest BCUT2D eigenvalue weighted by molar-refractivity contribution is 7.88. The molecule has 1 aliphatic rings. The van der Waals surface area contributed by atoms with Gasteiger partial charge in [0.25, 0.3) is 0 Å². The predicted octanol–water partition coefficient (Wildman–Crippen LogP) is 1.37. The van der Waals surface area contributed by atoms with Crippen LogP contribution in [0.4, 0.5) is 0 Å². The molecule has 1 aliphatic heterocycles. The molecule has 1 heterocycles. The Labute approximate surface area is 182 Å². The molecule has 0 radical (unpaired) electrons. The Morgan fingerprint density at radius 3 is 2.42 bits per heavy atom. The second kappa shape index (κ2) is 9.07. The second-order valence-electron chi connectivity index (χ2n) is 7.76. The summed E-state index contributed by atoms with van der Waals surface area (Å²) in [4.78, 5) is 27.8. The van der Waals surface area contributed by atoms with Gasteiger partial charge in [-0.25, -0.2) is 8.42 Å². The lowest BCUT2D eigenvalue weighted by molar-refractivity contribution is -0.153. The van der Waals surface area contributed by atoms with Gasteiger partial charge in [-0.2, -0.15) is 4.31 Å². The summed E-state index contributed by atoms with van der Waals surface area (Å²) in [7, 11) is -2.12. The monoisotopic (exact) mass is 445 g/mol. The van der Waals surface area contributed by atoms with E-state index in [4.69, 9.17) is 4.74 Å². The number of benzene rings is 2. The van der Waals surface area contributed by atoms with Crippen LogP contribution in [0, 0.1) is 0 Å². The van der Waals surface area contributed by atoms with Crippen LogP contribution in [0.5, 0.6) is 5.75 Å². The fourth-order valence-corrected chi connectivity index (χ4v) is 4.49. The number of para-hydroxylation sites is 1. The molecule has 0 saturated carbocycles. The third-order valence-electron chi connectivity index (χ3n) is 5.47. The molecule has 2 amide bonds. The number of nitrogens with zero attached hydrogens (tertiary/aromatic N) is 2. The van der Waals surface area contributed by atoms with Gasteiger partial charge in [0.1, 0.15) is 11.3 Å². The summed E-state index contributed by atoms with van der Waals surface area (Å²) in [6.07, 6.45) is 1.04. The number of rotatable bonds is 7. The molecule has 1 saturated heterocycles. The van der Waals surface area contributed by atoms with E-state index in [-0.39, 0.29) is 26.2 Å². The van der Waals surface area contributed by atoms with Gasteiger partial charge in [-0.1, -0.05) is 48.5 Å². The summed E-state index contributed by atoms with van der Waals surface area (Å²) in [5.41, 5.74) is 0.236. The molecule has 2 aromatic carbocycles. The van der Waals surface area contributed by atoms with Gasteiger partial charge < -0.3 is 15.0 Å². The summed E-state index contributed by atoms with van der Waals surface area (Å²) in [5, 5.41) is 2.86. The summed E-state index contributed by atoms with van der Waals surface area (Å²) in [5.74, 6) is -0.277. The van der Waals surface area contributed by atoms with E-state index in [1.807, 2.05) is 48.5 Å². The van der Waals surface area contributed by atoms with E-state index < -0.39 is 27.4 Å². The first-order valence-corrected chi connectivity index (χ1v) is 11.7. The Hall–Kier alpha value is -2.91. The van der Waals surface area contributed by atoms with Crippen molar-refractivity contribution in [1.29, 1.82) is 0 Å². The van der Waals surface area contributed by atoms with Crippen molar-refractivity contribution in [2.45, 2.75) is 25.6 Å². The average molecular weight is 446 g/mol. The quantitative estimate of drug-likeness (QED) is 0.695. The van der Waals surface area contributed by atoms with Crippen LogP contribution < -0.4 is 10.1 Å². The molecule has 0 bridgehead atoms. The summed E-state index contributed by atoms with van der Waals surface area (Å²) in [6, 6.07) is 16.6. The van der Waals surface area contributed by atoms with Gasteiger partial charge in [-0.15, -0.1) is 0 Å². The fourth-order valence-electron chi connectivity index (χ4n) is 3.66. The maximum atomic E-state index is 13.3. The minimum Gasteiger partial charge on any atom is -0.496 e. The minimum atomic E-state index is -3.66. The molecule has 3 rings (SSSR count). The zero-order valence-corrected chi connectivity index (χ0v) is 18.7. The topological polar surface area (TPSA) is 96.0 Å². The Balaban J connectivity index is 1.92. The van der Waals surface area contributed by atoms with E-state index in [2.05, 4.69) is 5.32 Å². The number of nitrogens with one attached hydrogen (secondary N) is 1. The SMILES string of the molecule is COc1ccccc1CN1C(=O)CN(S(C)(=O)=O)C[C@]1(C)C(=O)NCc1ccccc1. The minimum absolute atomic E-state index is 0.121.